The molecule has 1 aromatic heterocycles. The minimum atomic E-state index is 0.803. The van der Waals surface area contributed by atoms with Crippen molar-refractivity contribution in [3.63, 3.8) is 0 Å². The number of rotatable bonds is 6. The normalized spacial score (nSPS) is 11.3. The van der Waals surface area contributed by atoms with Crippen molar-refractivity contribution in [2.45, 2.75) is 32.9 Å². The minimum absolute atomic E-state index is 0.803. The minimum Gasteiger partial charge on any atom is -0.437 e. The van der Waals surface area contributed by atoms with Gasteiger partial charge in [0.15, 0.2) is 0 Å². The molecule has 15 heavy (non-hydrogen) atoms. The molecule has 86 valence electrons. The zero-order valence-corrected chi connectivity index (χ0v) is 10.9. The van der Waals surface area contributed by atoms with Gasteiger partial charge in [0.05, 0.1) is 5.69 Å². The van der Waals surface area contributed by atoms with Crippen LogP contribution < -0.4 is 0 Å². The molecule has 0 aliphatic rings. The third-order valence-electron chi connectivity index (χ3n) is 2.54. The third-order valence-corrected chi connectivity index (χ3v) is 3.34. The molecular formula is C11H20N2OS. The van der Waals surface area contributed by atoms with Crippen molar-refractivity contribution in [2.75, 3.05) is 25.4 Å². The number of aromatic nitrogens is 1. The van der Waals surface area contributed by atoms with Gasteiger partial charge in [0.25, 0.3) is 5.22 Å². The predicted octanol–water partition coefficient (Wildman–Crippen LogP) is 2.73. The van der Waals surface area contributed by atoms with Gasteiger partial charge < -0.3 is 9.32 Å². The second-order valence-electron chi connectivity index (χ2n) is 3.50. The Morgan fingerprint density at radius 2 is 1.93 bits per heavy atom. The fraction of sp³-hybridized carbons (Fsp3) is 0.727. The molecule has 0 saturated heterocycles. The van der Waals surface area contributed by atoms with Crippen LogP contribution in [0.1, 0.15) is 25.3 Å². The van der Waals surface area contributed by atoms with Crippen LogP contribution in [0.5, 0.6) is 0 Å². The Kier molecular flexibility index (Phi) is 5.19. The second-order valence-corrected chi connectivity index (χ2v) is 4.54. The number of thioether (sulfide) groups is 1. The van der Waals surface area contributed by atoms with Crippen molar-refractivity contribution in [3.8, 4) is 0 Å². The lowest BCUT2D eigenvalue weighted by molar-refractivity contribution is 0.323. The van der Waals surface area contributed by atoms with Gasteiger partial charge in [0, 0.05) is 12.3 Å². The van der Waals surface area contributed by atoms with Crippen LogP contribution in [0.3, 0.4) is 0 Å². The topological polar surface area (TPSA) is 29.3 Å². The molecular weight excluding hydrogens is 208 g/mol. The Hall–Kier alpha value is -0.480. The zero-order valence-electron chi connectivity index (χ0n) is 10.0. The van der Waals surface area contributed by atoms with Crippen LogP contribution in [-0.4, -0.2) is 35.3 Å². The first-order valence-corrected chi connectivity index (χ1v) is 6.45. The van der Waals surface area contributed by atoms with E-state index in [1.54, 1.807) is 11.8 Å². The summed E-state index contributed by atoms with van der Waals surface area (Å²) in [5.41, 5.74) is 1.00. The Bertz CT molecular complexity index is 275. The van der Waals surface area contributed by atoms with Crippen molar-refractivity contribution in [3.05, 3.63) is 11.5 Å². The van der Waals surface area contributed by atoms with E-state index in [0.717, 1.165) is 42.1 Å². The maximum absolute atomic E-state index is 5.50. The summed E-state index contributed by atoms with van der Waals surface area (Å²) in [6.45, 7) is 11.6. The van der Waals surface area contributed by atoms with Gasteiger partial charge in [-0.15, -0.1) is 0 Å². The van der Waals surface area contributed by atoms with E-state index in [4.69, 9.17) is 4.42 Å². The maximum Gasteiger partial charge on any atom is 0.256 e. The summed E-state index contributed by atoms with van der Waals surface area (Å²) in [6.07, 6.45) is 0. The van der Waals surface area contributed by atoms with E-state index in [1.807, 2.05) is 13.8 Å². The highest BCUT2D eigenvalue weighted by Gasteiger charge is 2.06. The Balaban J connectivity index is 2.31. The van der Waals surface area contributed by atoms with Crippen LogP contribution in [0.15, 0.2) is 9.64 Å². The molecule has 0 amide bonds. The Morgan fingerprint density at radius 1 is 1.27 bits per heavy atom. The monoisotopic (exact) mass is 228 g/mol. The van der Waals surface area contributed by atoms with E-state index >= 15 is 0 Å². The molecule has 3 nitrogen and oxygen atoms in total. The summed E-state index contributed by atoms with van der Waals surface area (Å²) >= 11 is 1.70. The highest BCUT2D eigenvalue weighted by atomic mass is 32.2. The first kappa shape index (κ1) is 12.6. The summed E-state index contributed by atoms with van der Waals surface area (Å²) in [5.74, 6) is 1.97. The van der Waals surface area contributed by atoms with Crippen LogP contribution in [0.25, 0.3) is 0 Å². The maximum atomic E-state index is 5.50. The van der Waals surface area contributed by atoms with E-state index in [1.165, 1.54) is 0 Å². The molecule has 0 spiro atoms. The van der Waals surface area contributed by atoms with E-state index in [9.17, 15) is 0 Å². The molecule has 0 atom stereocenters. The molecule has 4 heteroatoms. The average molecular weight is 228 g/mol. The summed E-state index contributed by atoms with van der Waals surface area (Å²) < 4.78 is 5.50. The number of hydrogen-bond donors (Lipinski definition) is 0. The number of hydrogen-bond acceptors (Lipinski definition) is 4. The van der Waals surface area contributed by atoms with Crippen LogP contribution in [0, 0.1) is 13.8 Å². The average Bonchev–Trinajstić information content (AvgIpc) is 2.53. The molecule has 0 radical (unpaired) electrons. The predicted molar refractivity (Wildman–Crippen MR) is 64.5 cm³/mol. The molecule has 0 N–H and O–H groups in total. The lowest BCUT2D eigenvalue weighted by atomic mass is 10.4. The van der Waals surface area contributed by atoms with Crippen LogP contribution in [0.4, 0.5) is 0 Å². The molecule has 1 aromatic rings. The lowest BCUT2D eigenvalue weighted by Gasteiger charge is -2.16. The van der Waals surface area contributed by atoms with Gasteiger partial charge in [0.2, 0.25) is 0 Å². The van der Waals surface area contributed by atoms with Crippen LogP contribution in [-0.2, 0) is 0 Å². The molecule has 0 saturated carbocycles. The van der Waals surface area contributed by atoms with E-state index in [2.05, 4.69) is 23.7 Å². The Labute approximate surface area is 96.2 Å². The number of aryl methyl sites for hydroxylation is 2. The van der Waals surface area contributed by atoms with Crippen molar-refractivity contribution >= 4 is 11.8 Å². The third kappa shape index (κ3) is 3.87. The molecule has 0 aliphatic heterocycles. The largest absolute Gasteiger partial charge is 0.437 e. The van der Waals surface area contributed by atoms with Crippen molar-refractivity contribution in [1.82, 2.24) is 9.88 Å². The van der Waals surface area contributed by atoms with Gasteiger partial charge in [-0.25, -0.2) is 4.98 Å². The van der Waals surface area contributed by atoms with E-state index < -0.39 is 0 Å². The molecule has 1 rings (SSSR count). The quantitative estimate of drug-likeness (QED) is 0.700. The number of nitrogens with zero attached hydrogens (tertiary/aromatic N) is 2. The summed E-state index contributed by atoms with van der Waals surface area (Å²) in [7, 11) is 0. The first-order chi connectivity index (χ1) is 7.17. The van der Waals surface area contributed by atoms with Gasteiger partial charge in [-0.1, -0.05) is 25.6 Å². The second kappa shape index (κ2) is 6.18. The lowest BCUT2D eigenvalue weighted by Crippen LogP contribution is -2.25. The SMILES string of the molecule is CCN(CC)CCSc1nc(C)c(C)o1. The molecule has 0 aliphatic carbocycles. The Morgan fingerprint density at radius 3 is 2.40 bits per heavy atom. The van der Waals surface area contributed by atoms with Gasteiger partial charge in [-0.2, -0.15) is 0 Å². The molecule has 0 bridgehead atoms. The highest BCUT2D eigenvalue weighted by Crippen LogP contribution is 2.19. The van der Waals surface area contributed by atoms with Crippen molar-refractivity contribution in [1.29, 1.82) is 0 Å². The number of oxazole rings is 1. The molecule has 0 aromatic carbocycles. The molecule has 0 unspecified atom stereocenters. The van der Waals surface area contributed by atoms with Gasteiger partial charge >= 0.3 is 0 Å². The van der Waals surface area contributed by atoms with Gasteiger partial charge in [-0.3, -0.25) is 0 Å². The first-order valence-electron chi connectivity index (χ1n) is 5.46. The fourth-order valence-corrected chi connectivity index (χ4v) is 2.22. The van der Waals surface area contributed by atoms with Crippen LogP contribution in [0.2, 0.25) is 0 Å². The highest BCUT2D eigenvalue weighted by molar-refractivity contribution is 7.99. The van der Waals surface area contributed by atoms with Gasteiger partial charge in [0.1, 0.15) is 5.76 Å². The molecule has 0 fully saturated rings. The summed E-state index contributed by atoms with van der Waals surface area (Å²) in [6, 6.07) is 0. The summed E-state index contributed by atoms with van der Waals surface area (Å²) in [5, 5.41) is 0.803. The fourth-order valence-electron chi connectivity index (χ4n) is 1.31. The summed E-state index contributed by atoms with van der Waals surface area (Å²) in [4.78, 5) is 6.73. The smallest absolute Gasteiger partial charge is 0.256 e. The van der Waals surface area contributed by atoms with Crippen LogP contribution >= 0.6 is 11.8 Å². The molecule has 1 heterocycles. The van der Waals surface area contributed by atoms with E-state index in [-0.39, 0.29) is 0 Å². The zero-order chi connectivity index (χ0) is 11.3. The van der Waals surface area contributed by atoms with Crippen molar-refractivity contribution in [2.24, 2.45) is 0 Å². The van der Waals surface area contributed by atoms with E-state index in [0.29, 0.717) is 0 Å². The standard InChI is InChI=1S/C11H20N2OS/c1-5-13(6-2)7-8-15-11-12-9(3)10(4)14-11/h5-8H2,1-4H3. The van der Waals surface area contributed by atoms with Gasteiger partial charge in [-0.05, 0) is 26.9 Å². The van der Waals surface area contributed by atoms with Crippen molar-refractivity contribution < 1.29 is 4.42 Å².